The lowest BCUT2D eigenvalue weighted by Crippen LogP contribution is -2.43. The molecule has 1 aliphatic heterocycles. The summed E-state index contributed by atoms with van der Waals surface area (Å²) in [5.74, 6) is -1.31. The van der Waals surface area contributed by atoms with Crippen LogP contribution in [0.5, 0.6) is 0 Å². The van der Waals surface area contributed by atoms with Crippen LogP contribution in [0.4, 0.5) is 0 Å². The van der Waals surface area contributed by atoms with Gasteiger partial charge < -0.3 is 14.9 Å². The molecule has 0 aromatic carbocycles. The van der Waals surface area contributed by atoms with Crippen molar-refractivity contribution in [3.8, 4) is 0 Å². The van der Waals surface area contributed by atoms with Crippen LogP contribution in [-0.4, -0.2) is 58.4 Å². The molecule has 7 heteroatoms. The third-order valence-electron chi connectivity index (χ3n) is 4.57. The highest BCUT2D eigenvalue weighted by Crippen LogP contribution is 2.23. The first-order valence-electron chi connectivity index (χ1n) is 8.20. The molecule has 2 rings (SSSR count). The molecular formula is C17H24N2O4S. The second kappa shape index (κ2) is 8.28. The Balaban J connectivity index is 2.00. The van der Waals surface area contributed by atoms with Gasteiger partial charge in [-0.2, -0.15) is 11.3 Å². The molecule has 1 N–H and O–H groups in total. The summed E-state index contributed by atoms with van der Waals surface area (Å²) >= 11 is 1.58. The first-order valence-corrected chi connectivity index (χ1v) is 9.14. The second-order valence-corrected chi connectivity index (χ2v) is 7.01. The van der Waals surface area contributed by atoms with E-state index in [9.17, 15) is 14.4 Å². The van der Waals surface area contributed by atoms with Gasteiger partial charge in [0.05, 0.1) is 5.92 Å². The molecular weight excluding hydrogens is 328 g/mol. The molecule has 0 saturated carbocycles. The quantitative estimate of drug-likeness (QED) is 0.881. The summed E-state index contributed by atoms with van der Waals surface area (Å²) in [5, 5.41) is 13.0. The molecule has 1 fully saturated rings. The number of carboxylic acid groups (broad SMARTS) is 1. The minimum absolute atomic E-state index is 0.0988. The van der Waals surface area contributed by atoms with Crippen LogP contribution in [0.1, 0.15) is 44.6 Å². The van der Waals surface area contributed by atoms with Gasteiger partial charge in [-0.3, -0.25) is 14.4 Å². The van der Waals surface area contributed by atoms with Crippen LogP contribution < -0.4 is 0 Å². The van der Waals surface area contributed by atoms with Gasteiger partial charge in [0.25, 0.3) is 0 Å². The largest absolute Gasteiger partial charge is 0.480 e. The van der Waals surface area contributed by atoms with E-state index >= 15 is 0 Å². The summed E-state index contributed by atoms with van der Waals surface area (Å²) in [4.78, 5) is 38.7. The number of hydrogen-bond donors (Lipinski definition) is 1. The lowest BCUT2D eigenvalue weighted by Gasteiger charge is -2.29. The minimum atomic E-state index is -1.01. The Morgan fingerprint density at radius 3 is 2.71 bits per heavy atom. The Kier molecular flexibility index (Phi) is 6.36. The topological polar surface area (TPSA) is 77.9 Å². The van der Waals surface area contributed by atoms with E-state index in [-0.39, 0.29) is 30.3 Å². The Labute approximate surface area is 146 Å². The highest BCUT2D eigenvalue weighted by molar-refractivity contribution is 7.08. The van der Waals surface area contributed by atoms with Crippen LogP contribution in [0.15, 0.2) is 16.8 Å². The van der Waals surface area contributed by atoms with Gasteiger partial charge in [-0.15, -0.1) is 0 Å². The molecule has 0 radical (unpaired) electrons. The Bertz CT molecular complexity index is 587. The second-order valence-electron chi connectivity index (χ2n) is 6.23. The maximum Gasteiger partial charge on any atom is 0.323 e. The summed E-state index contributed by atoms with van der Waals surface area (Å²) in [7, 11) is 0. The summed E-state index contributed by atoms with van der Waals surface area (Å²) in [6, 6.07) is 1.85. The van der Waals surface area contributed by atoms with Crippen molar-refractivity contribution in [3.63, 3.8) is 0 Å². The average Bonchev–Trinajstić information content (AvgIpc) is 2.96. The van der Waals surface area contributed by atoms with Crippen LogP contribution in [0.3, 0.4) is 0 Å². The number of nitrogens with zero attached hydrogens (tertiary/aromatic N) is 2. The van der Waals surface area contributed by atoms with E-state index < -0.39 is 5.97 Å². The van der Waals surface area contributed by atoms with E-state index in [1.807, 2.05) is 28.7 Å². The van der Waals surface area contributed by atoms with Crippen molar-refractivity contribution < 1.29 is 19.5 Å². The molecule has 6 nitrogen and oxygen atoms in total. The number of carbonyl (C=O) groups excluding carboxylic acids is 2. The highest BCUT2D eigenvalue weighted by Gasteiger charge is 2.29. The predicted octanol–water partition coefficient (Wildman–Crippen LogP) is 2.17. The van der Waals surface area contributed by atoms with E-state index in [0.29, 0.717) is 19.5 Å². The number of likely N-dealkylation sites (tertiary alicyclic amines) is 1. The predicted molar refractivity (Wildman–Crippen MR) is 92.0 cm³/mol. The van der Waals surface area contributed by atoms with Gasteiger partial charge in [-0.1, -0.05) is 0 Å². The number of aliphatic carboxylic acids is 1. The van der Waals surface area contributed by atoms with Crippen molar-refractivity contribution in [3.05, 3.63) is 22.4 Å². The van der Waals surface area contributed by atoms with Gasteiger partial charge in [-0.05, 0) is 48.6 Å². The van der Waals surface area contributed by atoms with E-state index in [1.165, 1.54) is 11.8 Å². The molecule has 2 unspecified atom stereocenters. The zero-order chi connectivity index (χ0) is 17.7. The summed E-state index contributed by atoms with van der Waals surface area (Å²) in [5.41, 5.74) is 1.03. The standard InChI is InChI=1S/C17H24N2O4S/c1-12(14-6-9-24-11-14)17(23)18-7-3-4-15(5-8-18)19(13(2)20)10-16(21)22/h6,9,11-12,15H,3-5,7-8,10H2,1-2H3,(H,21,22). The molecule has 0 aliphatic carbocycles. The van der Waals surface area contributed by atoms with Gasteiger partial charge in [0.1, 0.15) is 6.54 Å². The first kappa shape index (κ1) is 18.4. The van der Waals surface area contributed by atoms with Crippen LogP contribution in [0.25, 0.3) is 0 Å². The maximum atomic E-state index is 12.7. The first-order chi connectivity index (χ1) is 11.4. The lowest BCUT2D eigenvalue weighted by molar-refractivity contribution is -0.145. The molecule has 1 aromatic rings. The molecule has 2 amide bonds. The zero-order valence-electron chi connectivity index (χ0n) is 14.1. The number of thiophene rings is 1. The van der Waals surface area contributed by atoms with Gasteiger partial charge in [0, 0.05) is 26.1 Å². The Morgan fingerprint density at radius 2 is 2.12 bits per heavy atom. The third kappa shape index (κ3) is 4.56. The summed E-state index contributed by atoms with van der Waals surface area (Å²) < 4.78 is 0. The van der Waals surface area contributed by atoms with Crippen molar-refractivity contribution in [1.82, 2.24) is 9.80 Å². The SMILES string of the molecule is CC(=O)N(CC(=O)O)C1CCCN(C(=O)C(C)c2ccsc2)CC1. The lowest BCUT2D eigenvalue weighted by atomic mass is 10.0. The zero-order valence-corrected chi connectivity index (χ0v) is 14.9. The number of amides is 2. The molecule has 1 aliphatic rings. The van der Waals surface area contributed by atoms with Gasteiger partial charge >= 0.3 is 5.97 Å². The smallest absolute Gasteiger partial charge is 0.323 e. The average molecular weight is 352 g/mol. The van der Waals surface area contributed by atoms with Crippen molar-refractivity contribution >= 4 is 29.1 Å². The minimum Gasteiger partial charge on any atom is -0.480 e. The fraction of sp³-hybridized carbons (Fsp3) is 0.588. The normalized spacial score (nSPS) is 19.4. The van der Waals surface area contributed by atoms with Crippen LogP contribution >= 0.6 is 11.3 Å². The molecule has 2 heterocycles. The number of rotatable bonds is 5. The van der Waals surface area contributed by atoms with Crippen molar-refractivity contribution in [2.24, 2.45) is 0 Å². The Hall–Kier alpha value is -1.89. The fourth-order valence-corrected chi connectivity index (χ4v) is 3.95. The molecule has 132 valence electrons. The van der Waals surface area contributed by atoms with Crippen molar-refractivity contribution in [1.29, 1.82) is 0 Å². The van der Waals surface area contributed by atoms with E-state index in [2.05, 4.69) is 0 Å². The van der Waals surface area contributed by atoms with Crippen molar-refractivity contribution in [2.45, 2.75) is 45.1 Å². The molecule has 1 saturated heterocycles. The van der Waals surface area contributed by atoms with Crippen LogP contribution in [0, 0.1) is 0 Å². The van der Waals surface area contributed by atoms with E-state index in [4.69, 9.17) is 5.11 Å². The monoisotopic (exact) mass is 352 g/mol. The number of carboxylic acids is 1. The van der Waals surface area contributed by atoms with Crippen LogP contribution in [0.2, 0.25) is 0 Å². The van der Waals surface area contributed by atoms with Gasteiger partial charge in [0.15, 0.2) is 0 Å². The molecule has 0 spiro atoms. The summed E-state index contributed by atoms with van der Waals surface area (Å²) in [6.45, 7) is 4.25. The highest BCUT2D eigenvalue weighted by atomic mass is 32.1. The number of carbonyl (C=O) groups is 3. The third-order valence-corrected chi connectivity index (χ3v) is 5.28. The number of hydrogen-bond acceptors (Lipinski definition) is 4. The molecule has 24 heavy (non-hydrogen) atoms. The van der Waals surface area contributed by atoms with Gasteiger partial charge in [-0.25, -0.2) is 0 Å². The fourth-order valence-electron chi connectivity index (χ4n) is 3.19. The van der Waals surface area contributed by atoms with Crippen molar-refractivity contribution in [2.75, 3.05) is 19.6 Å². The van der Waals surface area contributed by atoms with Gasteiger partial charge in [0.2, 0.25) is 11.8 Å². The Morgan fingerprint density at radius 1 is 1.38 bits per heavy atom. The van der Waals surface area contributed by atoms with Crippen LogP contribution in [-0.2, 0) is 14.4 Å². The molecule has 1 aromatic heterocycles. The maximum absolute atomic E-state index is 12.7. The summed E-state index contributed by atoms with van der Waals surface area (Å²) in [6.07, 6.45) is 2.12. The van der Waals surface area contributed by atoms with E-state index in [0.717, 1.165) is 18.4 Å². The molecule has 2 atom stereocenters. The van der Waals surface area contributed by atoms with E-state index in [1.54, 1.807) is 11.3 Å². The molecule has 0 bridgehead atoms.